The number of rotatable bonds is 7. The summed E-state index contributed by atoms with van der Waals surface area (Å²) in [6, 6.07) is 0. The molecule has 0 aromatic rings. The molecule has 0 aliphatic carbocycles. The summed E-state index contributed by atoms with van der Waals surface area (Å²) in [6.07, 6.45) is 8.88. The van der Waals surface area contributed by atoms with Crippen LogP contribution in [0.5, 0.6) is 0 Å². The molecule has 0 bridgehead atoms. The smallest absolute Gasteiger partial charge is 0.155 e. The normalized spacial score (nSPS) is 14.3. The van der Waals surface area contributed by atoms with Gasteiger partial charge in [0.2, 0.25) is 0 Å². The van der Waals surface area contributed by atoms with E-state index in [0.29, 0.717) is 17.8 Å². The highest BCUT2D eigenvalue weighted by Crippen LogP contribution is 2.25. The molecule has 0 aliphatic rings. The van der Waals surface area contributed by atoms with Gasteiger partial charge in [-0.1, -0.05) is 47.1 Å². The van der Waals surface area contributed by atoms with Crippen molar-refractivity contribution in [3.05, 3.63) is 12.2 Å². The third-order valence-electron chi connectivity index (χ3n) is 2.58. The summed E-state index contributed by atoms with van der Waals surface area (Å²) in [5.74, 6) is 0.944. The number of unbranched alkanes of at least 4 members (excludes halogenated alkanes) is 1. The Morgan fingerprint density at radius 2 is 1.94 bits per heavy atom. The largest absolute Gasteiger partial charge is 0.295 e. The van der Waals surface area contributed by atoms with Gasteiger partial charge in [0.25, 0.3) is 0 Å². The summed E-state index contributed by atoms with van der Waals surface area (Å²) < 4.78 is 0. The van der Waals surface area contributed by atoms with Crippen LogP contribution in [0, 0.1) is 11.3 Å². The van der Waals surface area contributed by atoms with Crippen LogP contribution in [-0.2, 0) is 4.79 Å². The molecule has 0 aromatic carbocycles. The van der Waals surface area contributed by atoms with Gasteiger partial charge in [-0.2, -0.15) is 0 Å². The quantitative estimate of drug-likeness (QED) is 0.570. The van der Waals surface area contributed by atoms with Gasteiger partial charge in [-0.15, -0.1) is 0 Å². The van der Waals surface area contributed by atoms with Crippen LogP contribution in [0.4, 0.5) is 0 Å². The van der Waals surface area contributed by atoms with Crippen LogP contribution < -0.4 is 0 Å². The van der Waals surface area contributed by atoms with Crippen molar-refractivity contribution in [1.82, 2.24) is 0 Å². The van der Waals surface area contributed by atoms with Crippen molar-refractivity contribution < 1.29 is 4.79 Å². The summed E-state index contributed by atoms with van der Waals surface area (Å²) in [7, 11) is 0. The van der Waals surface area contributed by atoms with Crippen molar-refractivity contribution in [3.8, 4) is 0 Å². The number of carbonyl (C=O) groups excluding carboxylic acids is 1. The first-order valence-corrected chi connectivity index (χ1v) is 6.54. The predicted octanol–water partition coefficient (Wildman–Crippen LogP) is 4.76. The monoisotopic (exact) mass is 224 g/mol. The van der Waals surface area contributed by atoms with Gasteiger partial charge in [-0.3, -0.25) is 4.79 Å². The maximum atomic E-state index is 11.4. The number of allylic oxidation sites excluding steroid dienone is 2. The van der Waals surface area contributed by atoms with Crippen molar-refractivity contribution >= 4 is 5.78 Å². The molecule has 16 heavy (non-hydrogen) atoms. The lowest BCUT2D eigenvalue weighted by Gasteiger charge is -2.22. The lowest BCUT2D eigenvalue weighted by Crippen LogP contribution is -2.10. The van der Waals surface area contributed by atoms with Crippen LogP contribution in [-0.4, -0.2) is 5.78 Å². The molecular weight excluding hydrogens is 196 g/mol. The molecule has 0 N–H and O–H groups in total. The van der Waals surface area contributed by atoms with Crippen LogP contribution in [0.3, 0.4) is 0 Å². The Balaban J connectivity index is 3.78. The SMILES string of the molecule is CCCCC(=O)C=CCC(C)CC(C)(C)C. The Bertz CT molecular complexity index is 220. The molecule has 0 heterocycles. The Kier molecular flexibility index (Phi) is 7.36. The van der Waals surface area contributed by atoms with Gasteiger partial charge in [-0.05, 0) is 36.7 Å². The zero-order chi connectivity index (χ0) is 12.6. The Labute approximate surface area is 101 Å². The van der Waals surface area contributed by atoms with Gasteiger partial charge in [0.05, 0.1) is 0 Å². The first-order valence-electron chi connectivity index (χ1n) is 6.54. The predicted molar refractivity (Wildman–Crippen MR) is 71.5 cm³/mol. The summed E-state index contributed by atoms with van der Waals surface area (Å²) >= 11 is 0. The molecule has 94 valence electrons. The molecule has 0 fully saturated rings. The van der Waals surface area contributed by atoms with Gasteiger partial charge < -0.3 is 0 Å². The van der Waals surface area contributed by atoms with Crippen molar-refractivity contribution in [2.75, 3.05) is 0 Å². The molecule has 0 aromatic heterocycles. The highest BCUT2D eigenvalue weighted by atomic mass is 16.1. The zero-order valence-corrected chi connectivity index (χ0v) is 11.7. The second-order valence-corrected chi connectivity index (χ2v) is 6.08. The second kappa shape index (κ2) is 7.65. The molecule has 0 rings (SSSR count). The van der Waals surface area contributed by atoms with E-state index in [0.717, 1.165) is 19.3 Å². The number of hydrogen-bond donors (Lipinski definition) is 0. The van der Waals surface area contributed by atoms with E-state index in [2.05, 4.69) is 40.7 Å². The maximum Gasteiger partial charge on any atom is 0.155 e. The summed E-state index contributed by atoms with van der Waals surface area (Å²) in [6.45, 7) is 11.2. The summed E-state index contributed by atoms with van der Waals surface area (Å²) in [5.41, 5.74) is 0.388. The fraction of sp³-hybridized carbons (Fsp3) is 0.800. The first kappa shape index (κ1) is 15.4. The zero-order valence-electron chi connectivity index (χ0n) is 11.7. The molecule has 1 atom stereocenters. The third-order valence-corrected chi connectivity index (χ3v) is 2.58. The van der Waals surface area contributed by atoms with Crippen LogP contribution in [0.25, 0.3) is 0 Å². The Morgan fingerprint density at radius 3 is 2.44 bits per heavy atom. The maximum absolute atomic E-state index is 11.4. The van der Waals surface area contributed by atoms with Crippen LogP contribution in [0.2, 0.25) is 0 Å². The van der Waals surface area contributed by atoms with E-state index in [4.69, 9.17) is 0 Å². The molecule has 0 aliphatic heterocycles. The highest BCUT2D eigenvalue weighted by molar-refractivity contribution is 5.89. The highest BCUT2D eigenvalue weighted by Gasteiger charge is 2.13. The minimum absolute atomic E-state index is 0.282. The fourth-order valence-electron chi connectivity index (χ4n) is 1.99. The van der Waals surface area contributed by atoms with E-state index in [1.807, 2.05) is 0 Å². The van der Waals surface area contributed by atoms with E-state index < -0.39 is 0 Å². The van der Waals surface area contributed by atoms with E-state index in [-0.39, 0.29) is 5.78 Å². The average molecular weight is 224 g/mol. The minimum Gasteiger partial charge on any atom is -0.295 e. The molecule has 0 amide bonds. The van der Waals surface area contributed by atoms with E-state index in [1.54, 1.807) is 6.08 Å². The summed E-state index contributed by atoms with van der Waals surface area (Å²) in [5, 5.41) is 0. The van der Waals surface area contributed by atoms with Crippen LogP contribution >= 0.6 is 0 Å². The van der Waals surface area contributed by atoms with Gasteiger partial charge in [0.15, 0.2) is 5.78 Å². The van der Waals surface area contributed by atoms with E-state index in [1.165, 1.54) is 6.42 Å². The molecule has 1 unspecified atom stereocenters. The van der Waals surface area contributed by atoms with E-state index in [9.17, 15) is 4.79 Å². The average Bonchev–Trinajstić information content (AvgIpc) is 2.11. The lowest BCUT2D eigenvalue weighted by molar-refractivity contribution is -0.114. The van der Waals surface area contributed by atoms with Gasteiger partial charge in [0, 0.05) is 6.42 Å². The number of carbonyl (C=O) groups is 1. The molecular formula is C15H28O. The van der Waals surface area contributed by atoms with Gasteiger partial charge in [-0.25, -0.2) is 0 Å². The van der Waals surface area contributed by atoms with Crippen molar-refractivity contribution in [2.24, 2.45) is 11.3 Å². The van der Waals surface area contributed by atoms with Crippen LogP contribution in [0.15, 0.2) is 12.2 Å². The van der Waals surface area contributed by atoms with Gasteiger partial charge in [0.1, 0.15) is 0 Å². The minimum atomic E-state index is 0.282. The third kappa shape index (κ3) is 9.95. The van der Waals surface area contributed by atoms with Crippen LogP contribution in [0.1, 0.15) is 66.7 Å². The number of ketones is 1. The molecule has 0 spiro atoms. The topological polar surface area (TPSA) is 17.1 Å². The summed E-state index contributed by atoms with van der Waals surface area (Å²) in [4.78, 5) is 11.4. The second-order valence-electron chi connectivity index (χ2n) is 6.08. The molecule has 1 nitrogen and oxygen atoms in total. The first-order chi connectivity index (χ1) is 7.35. The van der Waals surface area contributed by atoms with E-state index >= 15 is 0 Å². The van der Waals surface area contributed by atoms with Crippen molar-refractivity contribution in [1.29, 1.82) is 0 Å². The van der Waals surface area contributed by atoms with Crippen molar-refractivity contribution in [3.63, 3.8) is 0 Å². The molecule has 0 saturated carbocycles. The standard InChI is InChI=1S/C15H28O/c1-6-7-10-14(16)11-8-9-13(2)12-15(3,4)5/h8,11,13H,6-7,9-10,12H2,1-5H3. The fourth-order valence-corrected chi connectivity index (χ4v) is 1.99. The Morgan fingerprint density at radius 1 is 1.31 bits per heavy atom. The Hall–Kier alpha value is -0.590. The molecule has 0 radical (unpaired) electrons. The van der Waals surface area contributed by atoms with Crippen molar-refractivity contribution in [2.45, 2.75) is 66.7 Å². The van der Waals surface area contributed by atoms with Gasteiger partial charge >= 0.3 is 0 Å². The molecule has 0 saturated heterocycles. The number of hydrogen-bond acceptors (Lipinski definition) is 1. The lowest BCUT2D eigenvalue weighted by atomic mass is 9.84. The molecule has 1 heteroatoms.